The van der Waals surface area contributed by atoms with Crippen LogP contribution < -0.4 is 4.74 Å². The maximum absolute atomic E-state index is 10.5. The number of hydrogen-bond donors (Lipinski definition) is 1. The quantitative estimate of drug-likeness (QED) is 0.763. The molecule has 1 fully saturated rings. The lowest BCUT2D eigenvalue weighted by Gasteiger charge is -2.46. The molecule has 0 amide bonds. The van der Waals surface area contributed by atoms with Gasteiger partial charge in [-0.2, -0.15) is 0 Å². The van der Waals surface area contributed by atoms with Crippen LogP contribution in [0.1, 0.15) is 51.2 Å². The van der Waals surface area contributed by atoms with Gasteiger partial charge >= 0.3 is 0 Å². The Balaban J connectivity index is 1.90. The summed E-state index contributed by atoms with van der Waals surface area (Å²) in [5.74, 6) is 2.29. The predicted molar refractivity (Wildman–Crippen MR) is 79.3 cm³/mol. The van der Waals surface area contributed by atoms with E-state index in [-0.39, 0.29) is 5.60 Å². The molecule has 0 bridgehead atoms. The number of fused-ring (bicyclic) bond motifs is 1. The van der Waals surface area contributed by atoms with Gasteiger partial charge < -0.3 is 9.84 Å². The van der Waals surface area contributed by atoms with Crippen molar-refractivity contribution in [2.45, 2.75) is 51.2 Å². The maximum Gasteiger partial charge on any atom is 0.126 e. The Labute approximate surface area is 123 Å². The summed E-state index contributed by atoms with van der Waals surface area (Å²) in [6.07, 6.45) is 3.64. The predicted octanol–water partition coefficient (Wildman–Crippen LogP) is 4.46. The summed E-state index contributed by atoms with van der Waals surface area (Å²) in [6, 6.07) is 5.94. The molecular formula is C16H21BrO2. The van der Waals surface area contributed by atoms with Crippen LogP contribution in [0.3, 0.4) is 0 Å². The summed E-state index contributed by atoms with van der Waals surface area (Å²) in [4.78, 5) is 0. The van der Waals surface area contributed by atoms with Gasteiger partial charge in [-0.05, 0) is 49.3 Å². The van der Waals surface area contributed by atoms with Gasteiger partial charge in [0.05, 0.1) is 6.10 Å². The van der Waals surface area contributed by atoms with Crippen molar-refractivity contribution in [2.75, 3.05) is 0 Å². The third-order valence-electron chi connectivity index (χ3n) is 4.94. The number of benzene rings is 1. The topological polar surface area (TPSA) is 29.5 Å². The number of aliphatic hydroxyl groups excluding tert-OH is 1. The summed E-state index contributed by atoms with van der Waals surface area (Å²) in [7, 11) is 0. The summed E-state index contributed by atoms with van der Waals surface area (Å²) in [5.41, 5.74) is 0.776. The molecule has 0 saturated heterocycles. The van der Waals surface area contributed by atoms with Crippen molar-refractivity contribution in [2.24, 2.45) is 11.8 Å². The van der Waals surface area contributed by atoms with Gasteiger partial charge in [0.2, 0.25) is 0 Å². The van der Waals surface area contributed by atoms with E-state index in [1.807, 2.05) is 18.2 Å². The van der Waals surface area contributed by atoms with Crippen LogP contribution in [-0.4, -0.2) is 10.7 Å². The Bertz CT molecular complexity index is 488. The molecule has 1 saturated carbocycles. The highest BCUT2D eigenvalue weighted by molar-refractivity contribution is 9.10. The van der Waals surface area contributed by atoms with Crippen molar-refractivity contribution in [3.05, 3.63) is 28.2 Å². The molecule has 1 aliphatic carbocycles. The van der Waals surface area contributed by atoms with E-state index < -0.39 is 6.10 Å². The van der Waals surface area contributed by atoms with E-state index in [4.69, 9.17) is 4.74 Å². The highest BCUT2D eigenvalue weighted by Crippen LogP contribution is 2.49. The fourth-order valence-electron chi connectivity index (χ4n) is 3.55. The summed E-state index contributed by atoms with van der Waals surface area (Å²) < 4.78 is 7.32. The first-order valence-corrected chi connectivity index (χ1v) is 7.95. The molecule has 1 aromatic carbocycles. The van der Waals surface area contributed by atoms with Gasteiger partial charge in [0.15, 0.2) is 0 Å². The van der Waals surface area contributed by atoms with E-state index in [0.29, 0.717) is 5.92 Å². The van der Waals surface area contributed by atoms with E-state index >= 15 is 0 Å². The van der Waals surface area contributed by atoms with Crippen LogP contribution in [0, 0.1) is 11.8 Å². The van der Waals surface area contributed by atoms with Crippen LogP contribution in [0.2, 0.25) is 0 Å². The third kappa shape index (κ3) is 2.43. The zero-order chi connectivity index (χ0) is 13.6. The minimum Gasteiger partial charge on any atom is -0.487 e. The van der Waals surface area contributed by atoms with E-state index in [9.17, 15) is 5.11 Å². The zero-order valence-electron chi connectivity index (χ0n) is 11.5. The second-order valence-electron chi connectivity index (χ2n) is 6.38. The fourth-order valence-corrected chi connectivity index (χ4v) is 3.93. The second-order valence-corrected chi connectivity index (χ2v) is 7.30. The Morgan fingerprint density at radius 2 is 2.05 bits per heavy atom. The molecule has 3 rings (SSSR count). The molecule has 2 aliphatic rings. The van der Waals surface area contributed by atoms with Gasteiger partial charge in [0.25, 0.3) is 0 Å². The molecule has 0 aromatic heterocycles. The molecule has 1 spiro atoms. The molecule has 4 atom stereocenters. The van der Waals surface area contributed by atoms with Crippen LogP contribution in [0.25, 0.3) is 0 Å². The van der Waals surface area contributed by atoms with E-state index in [1.54, 1.807) is 0 Å². The molecule has 4 unspecified atom stereocenters. The SMILES string of the molecule is CC1CCC2(CC(O)c3cc(Br)ccc3O2)CC1C. The van der Waals surface area contributed by atoms with Gasteiger partial charge in [-0.1, -0.05) is 29.8 Å². The number of ether oxygens (including phenoxy) is 1. The average molecular weight is 325 g/mol. The summed E-state index contributed by atoms with van der Waals surface area (Å²) >= 11 is 3.46. The molecule has 1 aliphatic heterocycles. The van der Waals surface area contributed by atoms with Gasteiger partial charge in [0, 0.05) is 16.5 Å². The lowest BCUT2D eigenvalue weighted by molar-refractivity contribution is -0.0602. The highest BCUT2D eigenvalue weighted by Gasteiger charge is 2.44. The average Bonchev–Trinajstić information content (AvgIpc) is 2.36. The Kier molecular flexibility index (Phi) is 3.38. The normalized spacial score (nSPS) is 37.8. The standard InChI is InChI=1S/C16H21BrO2/c1-10-5-6-16(8-11(10)2)9-14(18)13-7-12(17)3-4-15(13)19-16/h3-4,7,10-11,14,18H,5-6,8-9H2,1-2H3. The van der Waals surface area contributed by atoms with Crippen molar-refractivity contribution in [3.63, 3.8) is 0 Å². The summed E-state index contributed by atoms with van der Waals surface area (Å²) in [6.45, 7) is 4.63. The first-order chi connectivity index (χ1) is 8.99. The molecule has 104 valence electrons. The Morgan fingerprint density at radius 1 is 1.26 bits per heavy atom. The Hall–Kier alpha value is -0.540. The van der Waals surface area contributed by atoms with Crippen molar-refractivity contribution in [3.8, 4) is 5.75 Å². The number of hydrogen-bond acceptors (Lipinski definition) is 2. The van der Waals surface area contributed by atoms with Crippen molar-refractivity contribution < 1.29 is 9.84 Å². The molecule has 19 heavy (non-hydrogen) atoms. The van der Waals surface area contributed by atoms with Gasteiger partial charge in [0.1, 0.15) is 11.4 Å². The van der Waals surface area contributed by atoms with Crippen molar-refractivity contribution in [1.82, 2.24) is 0 Å². The highest BCUT2D eigenvalue weighted by atomic mass is 79.9. The minimum atomic E-state index is -0.401. The monoisotopic (exact) mass is 324 g/mol. The molecule has 0 radical (unpaired) electrons. The molecule has 1 aromatic rings. The van der Waals surface area contributed by atoms with Gasteiger partial charge in [-0.25, -0.2) is 0 Å². The third-order valence-corrected chi connectivity index (χ3v) is 5.44. The van der Waals surface area contributed by atoms with E-state index in [0.717, 1.165) is 41.0 Å². The molecule has 1 N–H and O–H groups in total. The van der Waals surface area contributed by atoms with Crippen LogP contribution in [0.5, 0.6) is 5.75 Å². The molecule has 1 heterocycles. The van der Waals surface area contributed by atoms with E-state index in [1.165, 1.54) is 6.42 Å². The second kappa shape index (κ2) is 4.78. The van der Waals surface area contributed by atoms with Crippen LogP contribution in [0.15, 0.2) is 22.7 Å². The van der Waals surface area contributed by atoms with Crippen LogP contribution >= 0.6 is 15.9 Å². The first kappa shape index (κ1) is 13.4. The lowest BCUT2D eigenvalue weighted by atomic mass is 9.70. The van der Waals surface area contributed by atoms with Crippen LogP contribution in [-0.2, 0) is 0 Å². The van der Waals surface area contributed by atoms with Gasteiger partial charge in [-0.3, -0.25) is 0 Å². The minimum absolute atomic E-state index is 0.147. The molecule has 3 heteroatoms. The van der Waals surface area contributed by atoms with Gasteiger partial charge in [-0.15, -0.1) is 0 Å². The first-order valence-electron chi connectivity index (χ1n) is 7.16. The number of halogens is 1. The lowest BCUT2D eigenvalue weighted by Crippen LogP contribution is -2.46. The van der Waals surface area contributed by atoms with Crippen molar-refractivity contribution >= 4 is 15.9 Å². The smallest absolute Gasteiger partial charge is 0.126 e. The molecule has 2 nitrogen and oxygen atoms in total. The summed E-state index contributed by atoms with van der Waals surface area (Å²) in [5, 5.41) is 10.5. The number of aliphatic hydroxyl groups is 1. The maximum atomic E-state index is 10.5. The molecular weight excluding hydrogens is 304 g/mol. The number of rotatable bonds is 0. The van der Waals surface area contributed by atoms with Crippen LogP contribution in [0.4, 0.5) is 0 Å². The van der Waals surface area contributed by atoms with Crippen molar-refractivity contribution in [1.29, 1.82) is 0 Å². The van der Waals surface area contributed by atoms with E-state index in [2.05, 4.69) is 29.8 Å². The Morgan fingerprint density at radius 3 is 2.79 bits per heavy atom. The fraction of sp³-hybridized carbons (Fsp3) is 0.625. The zero-order valence-corrected chi connectivity index (χ0v) is 13.1. The largest absolute Gasteiger partial charge is 0.487 e.